The first-order valence-electron chi connectivity index (χ1n) is 11.7. The molecule has 2 saturated heterocycles. The van der Waals surface area contributed by atoms with Crippen molar-refractivity contribution in [3.8, 4) is 17.1 Å². The fourth-order valence-electron chi connectivity index (χ4n) is 4.66. The van der Waals surface area contributed by atoms with Crippen LogP contribution in [0.5, 0.6) is 5.75 Å². The second-order valence-corrected chi connectivity index (χ2v) is 8.55. The van der Waals surface area contributed by atoms with E-state index in [-0.39, 0.29) is 17.5 Å². The maximum atomic E-state index is 13.4. The summed E-state index contributed by atoms with van der Waals surface area (Å²) < 4.78 is 10.9. The van der Waals surface area contributed by atoms with Gasteiger partial charge in [0, 0.05) is 50.5 Å². The molecule has 0 saturated carbocycles. The molecule has 34 heavy (non-hydrogen) atoms. The van der Waals surface area contributed by atoms with Gasteiger partial charge in [-0.25, -0.2) is 4.98 Å². The van der Waals surface area contributed by atoms with E-state index in [1.807, 2.05) is 47.4 Å². The van der Waals surface area contributed by atoms with Crippen molar-refractivity contribution >= 4 is 17.5 Å². The number of amides is 2. The smallest absolute Gasteiger partial charge is 0.276 e. The van der Waals surface area contributed by atoms with Gasteiger partial charge in [0.05, 0.1) is 12.7 Å². The number of carbonyl (C=O) groups excluding carboxylic acids is 2. The minimum atomic E-state index is -0.179. The van der Waals surface area contributed by atoms with Crippen LogP contribution in [0, 0.1) is 0 Å². The van der Waals surface area contributed by atoms with Crippen molar-refractivity contribution in [3.05, 3.63) is 66.2 Å². The predicted octanol–water partition coefficient (Wildman–Crippen LogP) is 3.55. The number of rotatable bonds is 5. The first-order valence-corrected chi connectivity index (χ1v) is 11.7. The van der Waals surface area contributed by atoms with Crippen LogP contribution < -0.4 is 9.64 Å². The second-order valence-electron chi connectivity index (χ2n) is 8.55. The van der Waals surface area contributed by atoms with Crippen molar-refractivity contribution in [1.29, 1.82) is 0 Å². The highest BCUT2D eigenvalue weighted by molar-refractivity contribution is 6.04. The van der Waals surface area contributed by atoms with Crippen LogP contribution >= 0.6 is 0 Å². The molecule has 0 aliphatic carbocycles. The van der Waals surface area contributed by atoms with Gasteiger partial charge in [-0.3, -0.25) is 9.59 Å². The van der Waals surface area contributed by atoms with Crippen LogP contribution in [-0.4, -0.2) is 73.0 Å². The van der Waals surface area contributed by atoms with Gasteiger partial charge in [-0.15, -0.1) is 0 Å². The van der Waals surface area contributed by atoms with Gasteiger partial charge in [0.25, 0.3) is 11.8 Å². The van der Waals surface area contributed by atoms with Crippen LogP contribution in [0.25, 0.3) is 11.3 Å². The van der Waals surface area contributed by atoms with E-state index in [1.54, 1.807) is 18.1 Å². The first-order chi connectivity index (χ1) is 16.7. The average molecular weight is 461 g/mol. The van der Waals surface area contributed by atoms with Crippen LogP contribution in [0.3, 0.4) is 0 Å². The molecule has 0 bridgehead atoms. The SMILES string of the molecule is COc1ccc(N2CCN(C(=O)c3ncoc3-c3ccccc3C(=O)N3CCCC3)CC2)cc1. The molecule has 2 aromatic carbocycles. The molecule has 0 unspecified atom stereocenters. The molecular weight excluding hydrogens is 432 g/mol. The largest absolute Gasteiger partial charge is 0.497 e. The van der Waals surface area contributed by atoms with E-state index in [9.17, 15) is 9.59 Å². The van der Waals surface area contributed by atoms with Gasteiger partial charge in [-0.1, -0.05) is 18.2 Å². The molecular formula is C26H28N4O4. The van der Waals surface area contributed by atoms with E-state index < -0.39 is 0 Å². The molecule has 3 heterocycles. The summed E-state index contributed by atoms with van der Waals surface area (Å²) in [4.78, 5) is 36.7. The lowest BCUT2D eigenvalue weighted by atomic mass is 10.0. The van der Waals surface area contributed by atoms with Gasteiger partial charge in [0.2, 0.25) is 0 Å². The maximum absolute atomic E-state index is 13.4. The highest BCUT2D eigenvalue weighted by Crippen LogP contribution is 2.30. The fraction of sp³-hybridized carbons (Fsp3) is 0.346. The Bertz CT molecular complexity index is 1160. The number of nitrogens with zero attached hydrogens (tertiary/aromatic N) is 4. The number of aromatic nitrogens is 1. The maximum Gasteiger partial charge on any atom is 0.276 e. The molecule has 2 aliphatic rings. The molecule has 8 nitrogen and oxygen atoms in total. The van der Waals surface area contributed by atoms with Gasteiger partial charge in [-0.2, -0.15) is 0 Å². The van der Waals surface area contributed by atoms with Gasteiger partial charge in [0.15, 0.2) is 17.8 Å². The number of methoxy groups -OCH3 is 1. The Balaban J connectivity index is 1.32. The lowest BCUT2D eigenvalue weighted by molar-refractivity contribution is 0.0740. The summed E-state index contributed by atoms with van der Waals surface area (Å²) in [5, 5.41) is 0. The van der Waals surface area contributed by atoms with Crippen LogP contribution in [-0.2, 0) is 0 Å². The molecule has 176 valence electrons. The number of benzene rings is 2. The molecule has 0 atom stereocenters. The Kier molecular flexibility index (Phi) is 6.20. The number of hydrogen-bond donors (Lipinski definition) is 0. The topological polar surface area (TPSA) is 79.1 Å². The van der Waals surface area contributed by atoms with Crippen molar-refractivity contribution in [2.45, 2.75) is 12.8 Å². The Morgan fingerprint density at radius 1 is 0.853 bits per heavy atom. The van der Waals surface area contributed by atoms with Crippen molar-refractivity contribution in [2.24, 2.45) is 0 Å². The van der Waals surface area contributed by atoms with Crippen molar-refractivity contribution in [3.63, 3.8) is 0 Å². The number of anilines is 1. The van der Waals surface area contributed by atoms with Crippen LogP contribution in [0.1, 0.15) is 33.7 Å². The lowest BCUT2D eigenvalue weighted by Gasteiger charge is -2.36. The zero-order valence-corrected chi connectivity index (χ0v) is 19.3. The molecule has 0 spiro atoms. The zero-order chi connectivity index (χ0) is 23.5. The summed E-state index contributed by atoms with van der Waals surface area (Å²) in [6.45, 7) is 4.10. The summed E-state index contributed by atoms with van der Waals surface area (Å²) in [5.41, 5.74) is 2.50. The third-order valence-corrected chi connectivity index (χ3v) is 6.57. The summed E-state index contributed by atoms with van der Waals surface area (Å²) in [7, 11) is 1.65. The van der Waals surface area contributed by atoms with Gasteiger partial charge in [0.1, 0.15) is 5.75 Å². The van der Waals surface area contributed by atoms with Crippen LogP contribution in [0.4, 0.5) is 5.69 Å². The van der Waals surface area contributed by atoms with Crippen LogP contribution in [0.2, 0.25) is 0 Å². The van der Waals surface area contributed by atoms with E-state index in [0.717, 1.165) is 50.5 Å². The minimum Gasteiger partial charge on any atom is -0.497 e. The van der Waals surface area contributed by atoms with Gasteiger partial charge >= 0.3 is 0 Å². The Morgan fingerprint density at radius 2 is 1.53 bits per heavy atom. The molecule has 0 radical (unpaired) electrons. The molecule has 2 fully saturated rings. The summed E-state index contributed by atoms with van der Waals surface area (Å²) >= 11 is 0. The molecule has 8 heteroatoms. The highest BCUT2D eigenvalue weighted by atomic mass is 16.5. The third kappa shape index (κ3) is 4.23. The van der Waals surface area contributed by atoms with Crippen molar-refractivity contribution in [1.82, 2.24) is 14.8 Å². The van der Waals surface area contributed by atoms with E-state index in [2.05, 4.69) is 9.88 Å². The summed E-state index contributed by atoms with van der Waals surface area (Å²) in [6, 6.07) is 15.2. The summed E-state index contributed by atoms with van der Waals surface area (Å²) in [6.07, 6.45) is 3.32. The Labute approximate surface area is 198 Å². The predicted molar refractivity (Wildman–Crippen MR) is 128 cm³/mol. The monoisotopic (exact) mass is 460 g/mol. The van der Waals surface area contributed by atoms with Crippen molar-refractivity contribution in [2.75, 3.05) is 51.3 Å². The number of hydrogen-bond acceptors (Lipinski definition) is 6. The van der Waals surface area contributed by atoms with E-state index >= 15 is 0 Å². The number of likely N-dealkylation sites (tertiary alicyclic amines) is 1. The molecule has 2 amide bonds. The molecule has 5 rings (SSSR count). The average Bonchev–Trinajstić information content (AvgIpc) is 3.61. The zero-order valence-electron chi connectivity index (χ0n) is 19.3. The standard InChI is InChI=1S/C26H28N4O4/c1-33-20-10-8-19(9-11-20)28-14-16-30(17-15-28)26(32)23-24(34-18-27-23)21-6-2-3-7-22(21)25(31)29-12-4-5-13-29/h2-3,6-11,18H,4-5,12-17H2,1H3. The van der Waals surface area contributed by atoms with E-state index in [0.29, 0.717) is 30.0 Å². The quantitative estimate of drug-likeness (QED) is 0.580. The molecule has 1 aromatic heterocycles. The second kappa shape index (κ2) is 9.59. The number of piperazine rings is 1. The first kappa shape index (κ1) is 22.0. The number of ether oxygens (including phenoxy) is 1. The third-order valence-electron chi connectivity index (χ3n) is 6.57. The fourth-order valence-corrected chi connectivity index (χ4v) is 4.66. The van der Waals surface area contributed by atoms with E-state index in [4.69, 9.17) is 9.15 Å². The number of oxazole rings is 1. The lowest BCUT2D eigenvalue weighted by Crippen LogP contribution is -2.49. The van der Waals surface area contributed by atoms with Crippen molar-refractivity contribution < 1.29 is 18.7 Å². The molecule has 3 aromatic rings. The Morgan fingerprint density at radius 3 is 2.24 bits per heavy atom. The highest BCUT2D eigenvalue weighted by Gasteiger charge is 2.30. The van der Waals surface area contributed by atoms with Gasteiger partial charge in [-0.05, 0) is 43.2 Å². The Hall–Kier alpha value is -3.81. The van der Waals surface area contributed by atoms with Gasteiger partial charge < -0.3 is 23.9 Å². The van der Waals surface area contributed by atoms with E-state index in [1.165, 1.54) is 6.39 Å². The molecule has 0 N–H and O–H groups in total. The molecule has 2 aliphatic heterocycles. The minimum absolute atomic E-state index is 0.0315. The normalized spacial score (nSPS) is 16.1. The number of carbonyl (C=O) groups is 2. The summed E-state index contributed by atoms with van der Waals surface area (Å²) in [5.74, 6) is 0.961. The van der Waals surface area contributed by atoms with Crippen LogP contribution in [0.15, 0.2) is 59.3 Å².